The molecule has 0 saturated heterocycles. The van der Waals surface area contributed by atoms with Crippen molar-refractivity contribution < 1.29 is 27.5 Å². The zero-order chi connectivity index (χ0) is 25.2. The molecule has 0 aliphatic carbocycles. The van der Waals surface area contributed by atoms with Gasteiger partial charge in [0.15, 0.2) is 5.13 Å². The van der Waals surface area contributed by atoms with Gasteiger partial charge in [0.2, 0.25) is 0 Å². The van der Waals surface area contributed by atoms with Crippen LogP contribution in [-0.4, -0.2) is 37.8 Å². The predicted octanol–water partition coefficient (Wildman–Crippen LogP) is 3.56. The number of hydrogen-bond donors (Lipinski definition) is 2. The lowest BCUT2D eigenvalue weighted by Crippen LogP contribution is -2.32. The molecule has 10 nitrogen and oxygen atoms in total. The molecule has 1 aliphatic rings. The molecule has 1 aliphatic heterocycles. The van der Waals surface area contributed by atoms with E-state index in [0.717, 1.165) is 16.2 Å². The van der Waals surface area contributed by atoms with Gasteiger partial charge in [-0.1, -0.05) is 17.7 Å². The van der Waals surface area contributed by atoms with Gasteiger partial charge in [-0.15, -0.1) is 11.3 Å². The van der Waals surface area contributed by atoms with Crippen LogP contribution >= 0.6 is 22.9 Å². The van der Waals surface area contributed by atoms with Crippen molar-refractivity contribution >= 4 is 67.3 Å². The van der Waals surface area contributed by atoms with Crippen LogP contribution in [0.5, 0.6) is 0 Å². The highest BCUT2D eigenvalue weighted by Crippen LogP contribution is 2.31. The Bertz CT molecular complexity index is 1440. The zero-order valence-corrected chi connectivity index (χ0v) is 20.4. The first-order valence-corrected chi connectivity index (χ1v) is 12.8. The number of carbonyl (C=O) groups is 3. The summed E-state index contributed by atoms with van der Waals surface area (Å²) in [7, 11) is -3.85. The summed E-state index contributed by atoms with van der Waals surface area (Å²) in [6.07, 6.45) is 1.48. The van der Waals surface area contributed by atoms with Crippen LogP contribution in [0.25, 0.3) is 0 Å². The van der Waals surface area contributed by atoms with E-state index in [-0.39, 0.29) is 38.6 Å². The number of benzene rings is 2. The number of hydrogen-bond acceptors (Lipinski definition) is 9. The molecule has 13 heteroatoms. The number of rotatable bonds is 8. The molecule has 0 radical (unpaired) electrons. The molecule has 4 rings (SSSR count). The lowest BCUT2D eigenvalue weighted by molar-refractivity contribution is -0.120. The van der Waals surface area contributed by atoms with Crippen molar-refractivity contribution in [3.63, 3.8) is 0 Å². The Balaban J connectivity index is 1.52. The lowest BCUT2D eigenvalue weighted by Gasteiger charge is -2.16. The van der Waals surface area contributed by atoms with Crippen LogP contribution in [0.15, 0.2) is 75.7 Å². The molecule has 1 aromatic heterocycles. The van der Waals surface area contributed by atoms with Crippen LogP contribution in [0.2, 0.25) is 0 Å². The Kier molecular flexibility index (Phi) is 6.87. The Hall–Kier alpha value is -3.74. The molecule has 0 saturated carbocycles. The van der Waals surface area contributed by atoms with Crippen molar-refractivity contribution in [2.45, 2.75) is 11.8 Å². The van der Waals surface area contributed by atoms with Gasteiger partial charge < -0.3 is 10.1 Å². The monoisotopic (exact) mass is 532 g/mol. The minimum atomic E-state index is -3.85. The number of aromatic nitrogens is 1. The molecule has 3 aromatic rings. The van der Waals surface area contributed by atoms with E-state index >= 15 is 0 Å². The molecule has 2 aromatic carbocycles. The van der Waals surface area contributed by atoms with Crippen LogP contribution in [-0.2, 0) is 24.3 Å². The van der Waals surface area contributed by atoms with Crippen LogP contribution in [0, 0.1) is 0 Å². The number of imide groups is 1. The molecule has 0 fully saturated rings. The SMILES string of the molecule is CCOC(=O)c1cccc(N2C(=O)C(Cl)=C(Nc3ccc(S(=O)(=O)Nc4nccs4)cc3)C2=O)c1. The summed E-state index contributed by atoms with van der Waals surface area (Å²) in [6.45, 7) is 1.84. The van der Waals surface area contributed by atoms with Crippen molar-refractivity contribution in [2.24, 2.45) is 0 Å². The fraction of sp³-hybridized carbons (Fsp3) is 0.0909. The lowest BCUT2D eigenvalue weighted by atomic mass is 10.2. The minimum Gasteiger partial charge on any atom is -0.462 e. The van der Waals surface area contributed by atoms with E-state index in [4.69, 9.17) is 16.3 Å². The molecule has 2 amide bonds. The highest BCUT2D eigenvalue weighted by molar-refractivity contribution is 7.93. The molecule has 0 atom stereocenters. The summed E-state index contributed by atoms with van der Waals surface area (Å²) in [5.41, 5.74) is 0.463. The Labute approximate surface area is 209 Å². The van der Waals surface area contributed by atoms with Gasteiger partial charge in [-0.3, -0.25) is 14.3 Å². The Morgan fingerprint density at radius 1 is 1.14 bits per heavy atom. The number of esters is 1. The van der Waals surface area contributed by atoms with Crippen molar-refractivity contribution in [3.8, 4) is 0 Å². The standard InChI is InChI=1S/C22H17ClN4O6S2/c1-2-33-21(30)13-4-3-5-15(12-13)27-19(28)17(23)18(20(27)29)25-14-6-8-16(9-7-14)35(31,32)26-22-24-10-11-34-22/h3-12,25H,2H2,1H3,(H,24,26). The second-order valence-corrected chi connectivity index (χ2v) is 9.95. The van der Waals surface area contributed by atoms with Crippen molar-refractivity contribution in [1.82, 2.24) is 4.98 Å². The number of nitrogens with one attached hydrogen (secondary N) is 2. The Morgan fingerprint density at radius 3 is 2.54 bits per heavy atom. The third kappa shape index (κ3) is 5.04. The van der Waals surface area contributed by atoms with Crippen LogP contribution in [0.4, 0.5) is 16.5 Å². The van der Waals surface area contributed by atoms with E-state index in [9.17, 15) is 22.8 Å². The maximum absolute atomic E-state index is 13.0. The number of sulfonamides is 1. The van der Waals surface area contributed by atoms with E-state index in [0.29, 0.717) is 5.69 Å². The van der Waals surface area contributed by atoms with E-state index in [1.807, 2.05) is 0 Å². The summed E-state index contributed by atoms with van der Waals surface area (Å²) in [5, 5.41) is 4.29. The maximum atomic E-state index is 13.0. The second kappa shape index (κ2) is 9.86. The van der Waals surface area contributed by atoms with Gasteiger partial charge in [-0.05, 0) is 49.4 Å². The third-order valence-corrected chi connectivity index (χ3v) is 7.25. The summed E-state index contributed by atoms with van der Waals surface area (Å²) in [6, 6.07) is 11.4. The fourth-order valence-electron chi connectivity index (χ4n) is 3.14. The smallest absolute Gasteiger partial charge is 0.338 e. The van der Waals surface area contributed by atoms with E-state index in [1.54, 1.807) is 12.3 Å². The van der Waals surface area contributed by atoms with Gasteiger partial charge >= 0.3 is 5.97 Å². The Morgan fingerprint density at radius 2 is 1.89 bits per heavy atom. The second-order valence-electron chi connectivity index (χ2n) is 7.00. The molecule has 2 N–H and O–H groups in total. The molecule has 2 heterocycles. The van der Waals surface area contributed by atoms with Crippen molar-refractivity contribution in [2.75, 3.05) is 21.5 Å². The first-order chi connectivity index (χ1) is 16.7. The number of carbonyl (C=O) groups excluding carboxylic acids is 3. The van der Waals surface area contributed by atoms with Crippen LogP contribution < -0.4 is 14.9 Å². The van der Waals surface area contributed by atoms with Crippen molar-refractivity contribution in [3.05, 3.63) is 76.4 Å². The first kappa shape index (κ1) is 24.4. The van der Waals surface area contributed by atoms with Gasteiger partial charge in [0.05, 0.1) is 22.8 Å². The number of halogens is 1. The average Bonchev–Trinajstić information content (AvgIpc) is 3.41. The van der Waals surface area contributed by atoms with Crippen LogP contribution in [0.1, 0.15) is 17.3 Å². The molecule has 0 spiro atoms. The highest BCUT2D eigenvalue weighted by Gasteiger charge is 2.39. The highest BCUT2D eigenvalue weighted by atomic mass is 35.5. The number of thiazole rings is 1. The predicted molar refractivity (Wildman–Crippen MR) is 131 cm³/mol. The van der Waals surface area contributed by atoms with E-state index in [2.05, 4.69) is 15.0 Å². The van der Waals surface area contributed by atoms with E-state index < -0.39 is 27.8 Å². The molecule has 0 unspecified atom stereocenters. The zero-order valence-electron chi connectivity index (χ0n) is 18.0. The number of amides is 2. The van der Waals surface area contributed by atoms with Gasteiger partial charge in [0.25, 0.3) is 21.8 Å². The quantitative estimate of drug-likeness (QED) is 0.332. The third-order valence-electron chi connectivity index (χ3n) is 4.73. The van der Waals surface area contributed by atoms with Gasteiger partial charge in [-0.25, -0.2) is 23.1 Å². The van der Waals surface area contributed by atoms with Gasteiger partial charge in [0, 0.05) is 17.3 Å². The fourth-order valence-corrected chi connectivity index (χ4v) is 5.14. The van der Waals surface area contributed by atoms with Crippen molar-refractivity contribution in [1.29, 1.82) is 0 Å². The summed E-state index contributed by atoms with van der Waals surface area (Å²) < 4.78 is 32.3. The largest absolute Gasteiger partial charge is 0.462 e. The molecule has 0 bridgehead atoms. The molecule has 180 valence electrons. The topological polar surface area (TPSA) is 135 Å². The number of nitrogens with zero attached hydrogens (tertiary/aromatic N) is 2. The normalized spacial score (nSPS) is 13.8. The molecular weight excluding hydrogens is 516 g/mol. The summed E-state index contributed by atoms with van der Waals surface area (Å²) in [5.74, 6) is -2.10. The summed E-state index contributed by atoms with van der Waals surface area (Å²) in [4.78, 5) is 42.5. The van der Waals surface area contributed by atoms with Gasteiger partial charge in [0.1, 0.15) is 10.7 Å². The maximum Gasteiger partial charge on any atom is 0.338 e. The first-order valence-electron chi connectivity index (χ1n) is 10.1. The van der Waals surface area contributed by atoms with Gasteiger partial charge in [-0.2, -0.15) is 0 Å². The minimum absolute atomic E-state index is 0.0236. The van der Waals surface area contributed by atoms with E-state index in [1.165, 1.54) is 54.7 Å². The molecular formula is C22H17ClN4O6S2. The molecule has 35 heavy (non-hydrogen) atoms. The summed E-state index contributed by atoms with van der Waals surface area (Å²) >= 11 is 7.29. The number of ether oxygens (including phenoxy) is 1. The van der Waals surface area contributed by atoms with Crippen LogP contribution in [0.3, 0.4) is 0 Å². The average molecular weight is 533 g/mol. The number of anilines is 3.